The molecular formula is C14H19N3O. The summed E-state index contributed by atoms with van der Waals surface area (Å²) in [7, 11) is 1.87. The number of nitrogens with one attached hydrogen (secondary N) is 1. The van der Waals surface area contributed by atoms with E-state index in [-0.39, 0.29) is 6.04 Å². The number of nitrogens with zero attached hydrogens (tertiary/aromatic N) is 2. The van der Waals surface area contributed by atoms with Gasteiger partial charge in [-0.2, -0.15) is 4.98 Å². The van der Waals surface area contributed by atoms with E-state index in [0.717, 1.165) is 5.56 Å². The first-order valence-electron chi connectivity index (χ1n) is 6.23. The molecule has 1 aromatic heterocycles. The third kappa shape index (κ3) is 2.59. The molecule has 1 heterocycles. The van der Waals surface area contributed by atoms with Crippen molar-refractivity contribution in [2.45, 2.75) is 32.7 Å². The zero-order chi connectivity index (χ0) is 13.1. The topological polar surface area (TPSA) is 51.0 Å². The van der Waals surface area contributed by atoms with Crippen LogP contribution in [0.2, 0.25) is 0 Å². The van der Waals surface area contributed by atoms with E-state index in [1.165, 1.54) is 5.56 Å². The van der Waals surface area contributed by atoms with Gasteiger partial charge in [0.05, 0.1) is 6.04 Å². The molecule has 0 saturated heterocycles. The van der Waals surface area contributed by atoms with Gasteiger partial charge in [-0.3, -0.25) is 0 Å². The van der Waals surface area contributed by atoms with Crippen molar-refractivity contribution in [3.05, 3.63) is 35.7 Å². The summed E-state index contributed by atoms with van der Waals surface area (Å²) in [5.41, 5.74) is 2.30. The highest BCUT2D eigenvalue weighted by atomic mass is 16.5. The third-order valence-corrected chi connectivity index (χ3v) is 3.08. The van der Waals surface area contributed by atoms with Gasteiger partial charge < -0.3 is 9.84 Å². The normalized spacial score (nSPS) is 12.9. The van der Waals surface area contributed by atoms with Gasteiger partial charge in [0.2, 0.25) is 11.7 Å². The molecule has 0 spiro atoms. The van der Waals surface area contributed by atoms with E-state index in [1.54, 1.807) is 0 Å². The van der Waals surface area contributed by atoms with Crippen molar-refractivity contribution >= 4 is 0 Å². The van der Waals surface area contributed by atoms with Crippen LogP contribution in [0.15, 0.2) is 28.8 Å². The van der Waals surface area contributed by atoms with Crippen molar-refractivity contribution in [3.63, 3.8) is 0 Å². The molecule has 0 bridgehead atoms. The Labute approximate surface area is 107 Å². The minimum absolute atomic E-state index is 0.0705. The van der Waals surface area contributed by atoms with Crippen LogP contribution >= 0.6 is 0 Å². The number of hydrogen-bond acceptors (Lipinski definition) is 4. The van der Waals surface area contributed by atoms with Gasteiger partial charge in [0, 0.05) is 5.56 Å². The van der Waals surface area contributed by atoms with Crippen molar-refractivity contribution < 1.29 is 4.52 Å². The molecule has 0 aliphatic rings. The molecule has 1 N–H and O–H groups in total. The summed E-state index contributed by atoms with van der Waals surface area (Å²) in [5.74, 6) is 1.78. The van der Waals surface area contributed by atoms with Crippen molar-refractivity contribution in [2.24, 2.45) is 0 Å². The first kappa shape index (κ1) is 12.8. The Bertz CT molecular complexity index is 502. The van der Waals surface area contributed by atoms with Crippen LogP contribution in [0.4, 0.5) is 0 Å². The summed E-state index contributed by atoms with van der Waals surface area (Å²) in [6.45, 7) is 6.34. The van der Waals surface area contributed by atoms with E-state index in [1.807, 2.05) is 26.1 Å². The Balaban J connectivity index is 2.23. The second-order valence-electron chi connectivity index (χ2n) is 4.74. The molecule has 0 aliphatic heterocycles. The highest BCUT2D eigenvalue weighted by Crippen LogP contribution is 2.21. The fourth-order valence-corrected chi connectivity index (χ4v) is 1.67. The molecule has 2 rings (SSSR count). The van der Waals surface area contributed by atoms with E-state index in [4.69, 9.17) is 4.52 Å². The van der Waals surface area contributed by atoms with E-state index in [2.05, 4.69) is 41.4 Å². The number of benzene rings is 1. The van der Waals surface area contributed by atoms with E-state index in [9.17, 15) is 0 Å². The fraction of sp³-hybridized carbons (Fsp3) is 0.429. The maximum absolute atomic E-state index is 5.23. The molecule has 0 radical (unpaired) electrons. The monoisotopic (exact) mass is 245 g/mol. The SMILES string of the molecule is CNC(C)c1nc(-c2ccc(C(C)C)cc2)no1. The van der Waals surface area contributed by atoms with Crippen molar-refractivity contribution in [2.75, 3.05) is 7.05 Å². The van der Waals surface area contributed by atoms with Crippen LogP contribution in [-0.4, -0.2) is 17.2 Å². The maximum Gasteiger partial charge on any atom is 0.243 e. The van der Waals surface area contributed by atoms with Crippen molar-refractivity contribution in [1.29, 1.82) is 0 Å². The second kappa shape index (κ2) is 5.31. The molecule has 0 aliphatic carbocycles. The molecule has 2 aromatic rings. The molecule has 1 atom stereocenters. The zero-order valence-electron chi connectivity index (χ0n) is 11.3. The van der Waals surface area contributed by atoms with E-state index in [0.29, 0.717) is 17.6 Å². The van der Waals surface area contributed by atoms with E-state index < -0.39 is 0 Å². The summed E-state index contributed by atoms with van der Waals surface area (Å²) in [6, 6.07) is 8.36. The quantitative estimate of drug-likeness (QED) is 0.899. The number of aromatic nitrogens is 2. The third-order valence-electron chi connectivity index (χ3n) is 3.08. The first-order valence-corrected chi connectivity index (χ1v) is 6.23. The lowest BCUT2D eigenvalue weighted by atomic mass is 10.0. The Hall–Kier alpha value is -1.68. The Kier molecular flexibility index (Phi) is 3.77. The van der Waals surface area contributed by atoms with Crippen LogP contribution in [0.5, 0.6) is 0 Å². The minimum atomic E-state index is 0.0705. The molecule has 1 unspecified atom stereocenters. The Morgan fingerprint density at radius 2 is 1.78 bits per heavy atom. The zero-order valence-corrected chi connectivity index (χ0v) is 11.3. The lowest BCUT2D eigenvalue weighted by Crippen LogP contribution is -2.12. The molecule has 1 aromatic carbocycles. The van der Waals surface area contributed by atoms with Crippen LogP contribution < -0.4 is 5.32 Å². The van der Waals surface area contributed by atoms with Gasteiger partial charge >= 0.3 is 0 Å². The number of rotatable bonds is 4. The smallest absolute Gasteiger partial charge is 0.243 e. The van der Waals surface area contributed by atoms with Crippen molar-refractivity contribution in [1.82, 2.24) is 15.5 Å². The van der Waals surface area contributed by atoms with Crippen LogP contribution in [0.3, 0.4) is 0 Å². The molecule has 18 heavy (non-hydrogen) atoms. The molecule has 96 valence electrons. The van der Waals surface area contributed by atoms with Gasteiger partial charge in [0.25, 0.3) is 0 Å². The van der Waals surface area contributed by atoms with Crippen LogP contribution in [0.25, 0.3) is 11.4 Å². The lowest BCUT2D eigenvalue weighted by molar-refractivity contribution is 0.347. The van der Waals surface area contributed by atoms with Crippen molar-refractivity contribution in [3.8, 4) is 11.4 Å². The van der Waals surface area contributed by atoms with Crippen LogP contribution in [0.1, 0.15) is 44.2 Å². The van der Waals surface area contributed by atoms with Gasteiger partial charge in [-0.25, -0.2) is 0 Å². The van der Waals surface area contributed by atoms with Gasteiger partial charge in [0.1, 0.15) is 0 Å². The predicted octanol–water partition coefficient (Wildman–Crippen LogP) is 3.14. The van der Waals surface area contributed by atoms with Gasteiger partial charge in [0.15, 0.2) is 0 Å². The lowest BCUT2D eigenvalue weighted by Gasteiger charge is -2.04. The Morgan fingerprint density at radius 3 is 2.33 bits per heavy atom. The van der Waals surface area contributed by atoms with Crippen LogP contribution in [0, 0.1) is 0 Å². The summed E-state index contributed by atoms with van der Waals surface area (Å²) in [5, 5.41) is 7.08. The van der Waals surface area contributed by atoms with E-state index >= 15 is 0 Å². The molecule has 0 amide bonds. The molecule has 0 fully saturated rings. The highest BCUT2D eigenvalue weighted by Gasteiger charge is 2.13. The second-order valence-corrected chi connectivity index (χ2v) is 4.74. The highest BCUT2D eigenvalue weighted by molar-refractivity contribution is 5.54. The molecule has 4 nitrogen and oxygen atoms in total. The average Bonchev–Trinajstić information content (AvgIpc) is 2.87. The summed E-state index contributed by atoms with van der Waals surface area (Å²) in [6.07, 6.45) is 0. The van der Waals surface area contributed by atoms with Gasteiger partial charge in [-0.05, 0) is 25.5 Å². The number of hydrogen-bond donors (Lipinski definition) is 1. The predicted molar refractivity (Wildman–Crippen MR) is 71.3 cm³/mol. The molecular weight excluding hydrogens is 226 g/mol. The largest absolute Gasteiger partial charge is 0.337 e. The maximum atomic E-state index is 5.23. The average molecular weight is 245 g/mol. The molecule has 4 heteroatoms. The Morgan fingerprint density at radius 1 is 1.11 bits per heavy atom. The minimum Gasteiger partial charge on any atom is -0.337 e. The summed E-state index contributed by atoms with van der Waals surface area (Å²) < 4.78 is 5.23. The summed E-state index contributed by atoms with van der Waals surface area (Å²) >= 11 is 0. The van der Waals surface area contributed by atoms with Gasteiger partial charge in [-0.15, -0.1) is 0 Å². The fourth-order valence-electron chi connectivity index (χ4n) is 1.67. The van der Waals surface area contributed by atoms with Gasteiger partial charge in [-0.1, -0.05) is 43.3 Å². The molecule has 0 saturated carbocycles. The first-order chi connectivity index (χ1) is 8.61. The van der Waals surface area contributed by atoms with Crippen LogP contribution in [-0.2, 0) is 0 Å². The summed E-state index contributed by atoms with van der Waals surface area (Å²) in [4.78, 5) is 4.39. The standard InChI is InChI=1S/C14H19N3O/c1-9(2)11-5-7-12(8-6-11)13-16-14(18-17-13)10(3)15-4/h5-10,15H,1-4H3.